The van der Waals surface area contributed by atoms with Crippen molar-refractivity contribution < 1.29 is 9.84 Å². The number of nitrogens with zero attached hydrogens (tertiary/aromatic N) is 3. The van der Waals surface area contributed by atoms with Crippen molar-refractivity contribution in [3.63, 3.8) is 0 Å². The summed E-state index contributed by atoms with van der Waals surface area (Å²) in [6.45, 7) is 14.6. The third-order valence-corrected chi connectivity index (χ3v) is 9.48. The van der Waals surface area contributed by atoms with Crippen molar-refractivity contribution in [3.8, 4) is 11.5 Å². The summed E-state index contributed by atoms with van der Waals surface area (Å²) >= 11 is 3.46. The normalized spacial score (nSPS) is 10.8. The number of methoxy groups -OCH3 is 1. The summed E-state index contributed by atoms with van der Waals surface area (Å²) in [4.78, 5) is 14.1. The van der Waals surface area contributed by atoms with E-state index in [-0.39, 0.29) is 0 Å². The minimum absolute atomic E-state index is 0.339. The molecular formula is C37H58N4O2S2. The molecule has 0 aliphatic carbocycles. The quantitative estimate of drug-likeness (QED) is 0.0751. The number of aryl methyl sites for hydroxylation is 5. The van der Waals surface area contributed by atoms with Crippen LogP contribution in [0.3, 0.4) is 0 Å². The highest BCUT2D eigenvalue weighted by Gasteiger charge is 2.11. The van der Waals surface area contributed by atoms with Gasteiger partial charge >= 0.3 is 0 Å². The zero-order valence-corrected chi connectivity index (χ0v) is 30.9. The molecule has 2 N–H and O–H groups in total. The Balaban J connectivity index is 0.000000537. The van der Waals surface area contributed by atoms with Gasteiger partial charge in [0.15, 0.2) is 10.3 Å². The van der Waals surface area contributed by atoms with Crippen LogP contribution in [-0.2, 0) is 0 Å². The Morgan fingerprint density at radius 3 is 1.51 bits per heavy atom. The third kappa shape index (κ3) is 15.1. The number of rotatable bonds is 19. The molecule has 0 bridgehead atoms. The summed E-state index contributed by atoms with van der Waals surface area (Å²) in [5.41, 5.74) is 6.28. The van der Waals surface area contributed by atoms with E-state index in [4.69, 9.17) is 9.72 Å². The van der Waals surface area contributed by atoms with Crippen LogP contribution in [0.15, 0.2) is 34.6 Å². The van der Waals surface area contributed by atoms with Crippen LogP contribution in [0.2, 0.25) is 0 Å². The first-order chi connectivity index (χ1) is 21.7. The standard InChI is InChI=1S/C27H44N4OS2.C10H14O/c1-5-7-9-11-13-15-17-33-26-29-25(28-23-19-21(3)24(32)22(4)20-23)30-27(31-26)34-18-16-14-12-10-8-6-2;1-7-5-8(2)10(11-4)9(3)6-7/h19-20,32H,5-18H2,1-4H3,(H,28,29,30,31);5-6H,1-4H3. The van der Waals surface area contributed by atoms with Crippen LogP contribution in [0.5, 0.6) is 11.5 Å². The highest BCUT2D eigenvalue weighted by Crippen LogP contribution is 2.29. The van der Waals surface area contributed by atoms with Crippen LogP contribution in [0, 0.1) is 34.6 Å². The number of aromatic hydroxyl groups is 1. The number of thioether (sulfide) groups is 2. The molecule has 6 nitrogen and oxygen atoms in total. The molecule has 45 heavy (non-hydrogen) atoms. The minimum Gasteiger partial charge on any atom is -0.507 e. The number of nitrogens with one attached hydrogen (secondary N) is 1. The maximum Gasteiger partial charge on any atom is 0.232 e. The maximum absolute atomic E-state index is 10.1. The number of phenolic OH excluding ortho intramolecular Hbond substituents is 1. The number of ether oxygens (including phenoxy) is 1. The van der Waals surface area contributed by atoms with Crippen molar-refractivity contribution in [2.75, 3.05) is 23.9 Å². The van der Waals surface area contributed by atoms with Crippen molar-refractivity contribution in [2.24, 2.45) is 0 Å². The van der Waals surface area contributed by atoms with Crippen LogP contribution in [0.1, 0.15) is 119 Å². The largest absolute Gasteiger partial charge is 0.507 e. The Hall–Kier alpha value is -2.45. The van der Waals surface area contributed by atoms with Gasteiger partial charge in [-0.05, 0) is 81.8 Å². The molecule has 0 aliphatic rings. The fraction of sp³-hybridized carbons (Fsp3) is 0.595. The van der Waals surface area contributed by atoms with Gasteiger partial charge in [-0.3, -0.25) is 0 Å². The first-order valence-corrected chi connectivity index (χ1v) is 18.9. The summed E-state index contributed by atoms with van der Waals surface area (Å²) < 4.78 is 5.23. The number of hydrogen-bond donors (Lipinski definition) is 2. The maximum atomic E-state index is 10.1. The van der Waals surface area contributed by atoms with E-state index >= 15 is 0 Å². The van der Waals surface area contributed by atoms with E-state index in [9.17, 15) is 5.11 Å². The lowest BCUT2D eigenvalue weighted by molar-refractivity contribution is 0.408. The zero-order chi connectivity index (χ0) is 33.0. The molecule has 2 aromatic carbocycles. The Labute approximate surface area is 282 Å². The second-order valence-electron chi connectivity index (χ2n) is 12.0. The lowest BCUT2D eigenvalue weighted by atomic mass is 10.1. The van der Waals surface area contributed by atoms with Crippen LogP contribution >= 0.6 is 23.5 Å². The van der Waals surface area contributed by atoms with Gasteiger partial charge in [-0.25, -0.2) is 0 Å². The average Bonchev–Trinajstić information content (AvgIpc) is 2.99. The third-order valence-electron chi connectivity index (χ3n) is 7.61. The first kappa shape index (κ1) is 38.7. The van der Waals surface area contributed by atoms with Gasteiger partial charge in [0, 0.05) is 17.2 Å². The predicted molar refractivity (Wildman–Crippen MR) is 196 cm³/mol. The van der Waals surface area contributed by atoms with Crippen molar-refractivity contribution in [1.82, 2.24) is 15.0 Å². The highest BCUT2D eigenvalue weighted by molar-refractivity contribution is 7.99. The van der Waals surface area contributed by atoms with Gasteiger partial charge in [0.25, 0.3) is 0 Å². The molecule has 8 heteroatoms. The molecule has 0 saturated heterocycles. The molecule has 3 aromatic rings. The van der Waals surface area contributed by atoms with Gasteiger partial charge in [-0.1, -0.05) is 119 Å². The van der Waals surface area contributed by atoms with Gasteiger partial charge in [0.2, 0.25) is 5.95 Å². The van der Waals surface area contributed by atoms with Crippen molar-refractivity contribution in [3.05, 3.63) is 52.1 Å². The number of anilines is 2. The van der Waals surface area contributed by atoms with Crippen molar-refractivity contribution >= 4 is 35.2 Å². The molecule has 0 spiro atoms. The summed E-state index contributed by atoms with van der Waals surface area (Å²) in [6.07, 6.45) is 15.5. The van der Waals surface area contributed by atoms with E-state index in [0.717, 1.165) is 44.4 Å². The molecule has 1 heterocycles. The van der Waals surface area contributed by atoms with E-state index in [1.165, 1.54) is 93.7 Å². The Morgan fingerprint density at radius 2 is 1.07 bits per heavy atom. The topological polar surface area (TPSA) is 80.2 Å². The number of aromatic nitrogens is 3. The Morgan fingerprint density at radius 1 is 0.622 bits per heavy atom. The molecule has 250 valence electrons. The molecule has 0 fully saturated rings. The molecular weight excluding hydrogens is 597 g/mol. The predicted octanol–water partition coefficient (Wildman–Crippen LogP) is 11.5. The van der Waals surface area contributed by atoms with E-state index in [1.54, 1.807) is 30.6 Å². The van der Waals surface area contributed by atoms with Gasteiger partial charge < -0.3 is 15.2 Å². The van der Waals surface area contributed by atoms with Gasteiger partial charge in [-0.2, -0.15) is 15.0 Å². The summed E-state index contributed by atoms with van der Waals surface area (Å²) in [6, 6.07) is 8.12. The van der Waals surface area contributed by atoms with Crippen LogP contribution < -0.4 is 10.1 Å². The van der Waals surface area contributed by atoms with E-state index < -0.39 is 0 Å². The second kappa shape index (κ2) is 22.1. The second-order valence-corrected chi connectivity index (χ2v) is 14.1. The Kier molecular flexibility index (Phi) is 19.1. The molecule has 0 saturated carbocycles. The molecule has 3 rings (SSSR count). The SMILES string of the molecule is CCCCCCCCSc1nc(Nc2cc(C)c(O)c(C)c2)nc(SCCCCCCCC)n1.COc1c(C)cc(C)cc1C. The van der Waals surface area contributed by atoms with Crippen LogP contribution in [0.4, 0.5) is 11.6 Å². The number of hydrogen-bond acceptors (Lipinski definition) is 8. The van der Waals surface area contributed by atoms with Crippen molar-refractivity contribution in [1.29, 1.82) is 0 Å². The zero-order valence-electron chi connectivity index (χ0n) is 29.2. The first-order valence-electron chi connectivity index (χ1n) is 16.9. The molecule has 0 amide bonds. The number of unbranched alkanes of at least 4 members (excludes halogenated alkanes) is 10. The summed E-state index contributed by atoms with van der Waals surface area (Å²) in [7, 11) is 1.71. The fourth-order valence-electron chi connectivity index (χ4n) is 5.26. The molecule has 0 atom stereocenters. The lowest BCUT2D eigenvalue weighted by Crippen LogP contribution is -2.03. The van der Waals surface area contributed by atoms with Crippen LogP contribution in [0.25, 0.3) is 0 Å². The Bertz CT molecular complexity index is 1200. The fourth-order valence-corrected chi connectivity index (χ4v) is 6.98. The van der Waals surface area contributed by atoms with E-state index in [1.807, 2.05) is 26.0 Å². The van der Waals surface area contributed by atoms with Gasteiger partial charge in [-0.15, -0.1) is 0 Å². The average molecular weight is 655 g/mol. The monoisotopic (exact) mass is 654 g/mol. The highest BCUT2D eigenvalue weighted by atomic mass is 32.2. The molecule has 0 aliphatic heterocycles. The molecule has 0 radical (unpaired) electrons. The molecule has 1 aromatic heterocycles. The smallest absolute Gasteiger partial charge is 0.232 e. The number of phenols is 1. The van der Waals surface area contributed by atoms with E-state index in [0.29, 0.717) is 11.7 Å². The van der Waals surface area contributed by atoms with Crippen LogP contribution in [-0.4, -0.2) is 38.7 Å². The molecule has 0 unspecified atom stereocenters. The number of benzene rings is 2. The van der Waals surface area contributed by atoms with E-state index in [2.05, 4.69) is 62.0 Å². The van der Waals surface area contributed by atoms with Gasteiger partial charge in [0.05, 0.1) is 7.11 Å². The summed E-state index contributed by atoms with van der Waals surface area (Å²) in [5.74, 6) is 4.00. The summed E-state index contributed by atoms with van der Waals surface area (Å²) in [5, 5.41) is 15.0. The minimum atomic E-state index is 0.339. The van der Waals surface area contributed by atoms with Crippen molar-refractivity contribution in [2.45, 2.75) is 136 Å². The lowest BCUT2D eigenvalue weighted by Gasteiger charge is -2.11. The van der Waals surface area contributed by atoms with Gasteiger partial charge in [0.1, 0.15) is 11.5 Å².